The Balaban J connectivity index is 1.57. The summed E-state index contributed by atoms with van der Waals surface area (Å²) < 4.78 is 1.69. The van der Waals surface area contributed by atoms with Gasteiger partial charge in [-0.2, -0.15) is 0 Å². The lowest BCUT2D eigenvalue weighted by Gasteiger charge is -2.12. The van der Waals surface area contributed by atoms with Gasteiger partial charge in [-0.1, -0.05) is 49.0 Å². The number of carbonyl (C=O) groups excluding carboxylic acids is 1. The highest BCUT2D eigenvalue weighted by molar-refractivity contribution is 8.05. The van der Waals surface area contributed by atoms with Crippen LogP contribution in [0.3, 0.4) is 0 Å². The number of hydrogen-bond acceptors (Lipinski definition) is 4. The SMILES string of the molecule is CCc1ccc(N[C@H]2NC(=O)/C(=C/c3cn(CC(=O)O)c4ccccc34)S2)cc1. The van der Waals surface area contributed by atoms with Crippen molar-refractivity contribution in [2.24, 2.45) is 0 Å². The predicted octanol–water partition coefficient (Wildman–Crippen LogP) is 3.89. The van der Waals surface area contributed by atoms with Crippen molar-refractivity contribution >= 4 is 46.3 Å². The van der Waals surface area contributed by atoms with Gasteiger partial charge < -0.3 is 20.3 Å². The summed E-state index contributed by atoms with van der Waals surface area (Å²) in [4.78, 5) is 24.2. The van der Waals surface area contributed by atoms with Gasteiger partial charge >= 0.3 is 5.97 Å². The molecule has 0 saturated carbocycles. The molecule has 148 valence electrons. The van der Waals surface area contributed by atoms with Crippen LogP contribution in [0.5, 0.6) is 0 Å². The van der Waals surface area contributed by atoms with E-state index in [4.69, 9.17) is 5.11 Å². The lowest BCUT2D eigenvalue weighted by molar-refractivity contribution is -0.137. The summed E-state index contributed by atoms with van der Waals surface area (Å²) in [6.45, 7) is 1.99. The van der Waals surface area contributed by atoms with Crippen LogP contribution in [0.15, 0.2) is 59.6 Å². The van der Waals surface area contributed by atoms with Gasteiger partial charge in [0.25, 0.3) is 5.91 Å². The van der Waals surface area contributed by atoms with E-state index in [2.05, 4.69) is 29.7 Å². The van der Waals surface area contributed by atoms with E-state index >= 15 is 0 Å². The summed E-state index contributed by atoms with van der Waals surface area (Å²) in [7, 11) is 0. The Kier molecular flexibility index (Phi) is 5.31. The summed E-state index contributed by atoms with van der Waals surface area (Å²) in [6, 6.07) is 15.7. The first kappa shape index (κ1) is 19.1. The Morgan fingerprint density at radius 2 is 2.00 bits per heavy atom. The molecule has 29 heavy (non-hydrogen) atoms. The second kappa shape index (κ2) is 8.05. The number of anilines is 1. The molecule has 0 aliphatic carbocycles. The van der Waals surface area contributed by atoms with Gasteiger partial charge in [0.05, 0.1) is 4.91 Å². The molecule has 1 fully saturated rings. The van der Waals surface area contributed by atoms with E-state index in [1.165, 1.54) is 17.3 Å². The molecular formula is C22H21N3O3S. The van der Waals surface area contributed by atoms with E-state index in [1.807, 2.05) is 42.5 Å². The maximum absolute atomic E-state index is 12.5. The normalized spacial score (nSPS) is 17.6. The van der Waals surface area contributed by atoms with Crippen LogP contribution in [0, 0.1) is 0 Å². The molecule has 0 radical (unpaired) electrons. The molecule has 1 amide bonds. The van der Waals surface area contributed by atoms with Crippen LogP contribution in [0.1, 0.15) is 18.1 Å². The van der Waals surface area contributed by atoms with Gasteiger partial charge in [-0.05, 0) is 36.3 Å². The molecule has 3 aromatic rings. The number of aliphatic carboxylic acids is 1. The summed E-state index contributed by atoms with van der Waals surface area (Å²) in [5.41, 5.74) is 3.60. The monoisotopic (exact) mass is 407 g/mol. The van der Waals surface area contributed by atoms with Crippen LogP contribution in [0.25, 0.3) is 17.0 Å². The number of rotatable bonds is 6. The van der Waals surface area contributed by atoms with Crippen molar-refractivity contribution in [3.8, 4) is 0 Å². The Hall–Kier alpha value is -3.19. The molecule has 6 nitrogen and oxygen atoms in total. The number of carbonyl (C=O) groups is 2. The lowest BCUT2D eigenvalue weighted by atomic mass is 10.1. The first-order chi connectivity index (χ1) is 14.0. The van der Waals surface area contributed by atoms with E-state index in [0.29, 0.717) is 4.91 Å². The minimum atomic E-state index is -0.906. The first-order valence-electron chi connectivity index (χ1n) is 9.38. The molecular weight excluding hydrogens is 386 g/mol. The smallest absolute Gasteiger partial charge is 0.323 e. The number of nitrogens with zero attached hydrogens (tertiary/aromatic N) is 1. The molecule has 4 rings (SSSR count). The molecule has 0 spiro atoms. The number of amides is 1. The molecule has 1 aliphatic rings. The third-order valence-electron chi connectivity index (χ3n) is 4.80. The Morgan fingerprint density at radius 3 is 2.72 bits per heavy atom. The highest BCUT2D eigenvalue weighted by Crippen LogP contribution is 2.32. The van der Waals surface area contributed by atoms with Crippen LogP contribution in [0.4, 0.5) is 5.69 Å². The Bertz CT molecular complexity index is 1100. The van der Waals surface area contributed by atoms with Crippen molar-refractivity contribution in [1.82, 2.24) is 9.88 Å². The molecule has 2 aromatic carbocycles. The van der Waals surface area contributed by atoms with E-state index < -0.39 is 5.97 Å². The number of carboxylic acids is 1. The number of carboxylic acid groups (broad SMARTS) is 1. The van der Waals surface area contributed by atoms with E-state index in [1.54, 1.807) is 10.8 Å². The zero-order valence-electron chi connectivity index (χ0n) is 15.9. The number of para-hydroxylation sites is 1. The maximum atomic E-state index is 12.5. The van der Waals surface area contributed by atoms with E-state index in [-0.39, 0.29) is 17.9 Å². The number of nitrogens with one attached hydrogen (secondary N) is 2. The van der Waals surface area contributed by atoms with Crippen LogP contribution >= 0.6 is 11.8 Å². The predicted molar refractivity (Wildman–Crippen MR) is 117 cm³/mol. The molecule has 1 saturated heterocycles. The number of fused-ring (bicyclic) bond motifs is 1. The fraction of sp³-hybridized carbons (Fsp3) is 0.182. The molecule has 3 N–H and O–H groups in total. The third-order valence-corrected chi connectivity index (χ3v) is 5.83. The largest absolute Gasteiger partial charge is 0.480 e. The van der Waals surface area contributed by atoms with E-state index in [0.717, 1.165) is 28.6 Å². The number of benzene rings is 2. The molecule has 1 aromatic heterocycles. The Morgan fingerprint density at radius 1 is 1.24 bits per heavy atom. The van der Waals surface area contributed by atoms with E-state index in [9.17, 15) is 9.59 Å². The molecule has 7 heteroatoms. The highest BCUT2D eigenvalue weighted by atomic mass is 32.2. The third kappa shape index (κ3) is 4.14. The average molecular weight is 407 g/mol. The summed E-state index contributed by atoms with van der Waals surface area (Å²) >= 11 is 1.41. The topological polar surface area (TPSA) is 83.4 Å². The fourth-order valence-corrected chi connectivity index (χ4v) is 4.34. The van der Waals surface area contributed by atoms with Crippen molar-refractivity contribution < 1.29 is 14.7 Å². The molecule has 0 bridgehead atoms. The first-order valence-corrected chi connectivity index (χ1v) is 10.3. The molecule has 1 aliphatic heterocycles. The zero-order chi connectivity index (χ0) is 20.4. The molecule has 2 heterocycles. The lowest BCUT2D eigenvalue weighted by Crippen LogP contribution is -2.30. The van der Waals surface area contributed by atoms with Crippen LogP contribution in [0.2, 0.25) is 0 Å². The number of thioether (sulfide) groups is 1. The molecule has 1 atom stereocenters. The van der Waals surface area contributed by atoms with Gasteiger partial charge in [-0.25, -0.2) is 0 Å². The van der Waals surface area contributed by atoms with Crippen LogP contribution < -0.4 is 10.6 Å². The minimum Gasteiger partial charge on any atom is -0.480 e. The Labute approximate surface area is 172 Å². The van der Waals surface area contributed by atoms with Crippen molar-refractivity contribution in [2.45, 2.75) is 25.4 Å². The number of aromatic nitrogens is 1. The standard InChI is InChI=1S/C22H21N3O3S/c1-2-14-7-9-16(10-8-14)23-22-24-21(28)19(29-22)11-15-12-25(13-20(26)27)18-6-4-3-5-17(15)18/h3-12,22-23H,2,13H2,1H3,(H,24,28)(H,26,27)/b19-11-/t22-/m0/s1. The number of aryl methyl sites for hydroxylation is 1. The maximum Gasteiger partial charge on any atom is 0.323 e. The van der Waals surface area contributed by atoms with Crippen molar-refractivity contribution in [2.75, 3.05) is 5.32 Å². The van der Waals surface area contributed by atoms with Gasteiger partial charge in [0.1, 0.15) is 6.54 Å². The average Bonchev–Trinajstić information content (AvgIpc) is 3.22. The van der Waals surface area contributed by atoms with Gasteiger partial charge in [0.15, 0.2) is 5.50 Å². The second-order valence-corrected chi connectivity index (χ2v) is 7.94. The van der Waals surface area contributed by atoms with Gasteiger partial charge in [-0.3, -0.25) is 9.59 Å². The van der Waals surface area contributed by atoms with Crippen molar-refractivity contribution in [1.29, 1.82) is 0 Å². The van der Waals surface area contributed by atoms with Gasteiger partial charge in [-0.15, -0.1) is 0 Å². The van der Waals surface area contributed by atoms with Crippen LogP contribution in [-0.2, 0) is 22.6 Å². The summed E-state index contributed by atoms with van der Waals surface area (Å²) in [6.07, 6.45) is 4.59. The number of hydrogen-bond donors (Lipinski definition) is 3. The quantitative estimate of drug-likeness (QED) is 0.540. The van der Waals surface area contributed by atoms with Crippen molar-refractivity contribution in [3.05, 3.63) is 70.8 Å². The summed E-state index contributed by atoms with van der Waals surface area (Å²) in [5.74, 6) is -1.05. The fourth-order valence-electron chi connectivity index (χ4n) is 3.36. The van der Waals surface area contributed by atoms with Gasteiger partial charge in [0.2, 0.25) is 0 Å². The second-order valence-electron chi connectivity index (χ2n) is 6.80. The van der Waals surface area contributed by atoms with Crippen molar-refractivity contribution in [3.63, 3.8) is 0 Å². The highest BCUT2D eigenvalue weighted by Gasteiger charge is 2.27. The van der Waals surface area contributed by atoms with Gasteiger partial charge in [0, 0.05) is 28.4 Å². The minimum absolute atomic E-state index is 0.124. The molecule has 0 unspecified atom stereocenters. The van der Waals surface area contributed by atoms with Crippen LogP contribution in [-0.4, -0.2) is 27.0 Å². The zero-order valence-corrected chi connectivity index (χ0v) is 16.7. The summed E-state index contributed by atoms with van der Waals surface area (Å²) in [5, 5.41) is 16.3.